The van der Waals surface area contributed by atoms with Gasteiger partial charge in [-0.25, -0.2) is 9.97 Å². The number of nitrogens with one attached hydrogen (secondary N) is 2. The smallest absolute Gasteiger partial charge is 0.134 e. The van der Waals surface area contributed by atoms with Crippen LogP contribution in [0.5, 0.6) is 0 Å². The number of nitrogens with zero attached hydrogens (tertiary/aromatic N) is 2. The fraction of sp³-hybridized carbons (Fsp3) is 0.750. The summed E-state index contributed by atoms with van der Waals surface area (Å²) in [5.74, 6) is 3.61. The van der Waals surface area contributed by atoms with E-state index in [4.69, 9.17) is 0 Å². The summed E-state index contributed by atoms with van der Waals surface area (Å²) >= 11 is 0. The zero-order chi connectivity index (χ0) is 15.0. The van der Waals surface area contributed by atoms with Crippen molar-refractivity contribution in [3.05, 3.63) is 11.4 Å². The predicted molar refractivity (Wildman–Crippen MR) is 87.5 cm³/mol. The lowest BCUT2D eigenvalue weighted by Crippen LogP contribution is -2.13. The molecule has 114 valence electrons. The molecular weight excluding hydrogens is 248 g/mol. The molecule has 0 aliphatic rings. The van der Waals surface area contributed by atoms with E-state index in [0.29, 0.717) is 5.92 Å². The Kier molecular flexibility index (Phi) is 7.34. The minimum absolute atomic E-state index is 0.706. The number of hydrogen-bond donors (Lipinski definition) is 2. The molecule has 1 aromatic heterocycles. The van der Waals surface area contributed by atoms with Crippen LogP contribution < -0.4 is 10.6 Å². The first-order valence-corrected chi connectivity index (χ1v) is 7.93. The van der Waals surface area contributed by atoms with Crippen LogP contribution in [0.2, 0.25) is 0 Å². The van der Waals surface area contributed by atoms with E-state index >= 15 is 0 Å². The number of rotatable bonds is 9. The second-order valence-corrected chi connectivity index (χ2v) is 5.75. The molecule has 0 saturated heterocycles. The molecule has 4 nitrogen and oxygen atoms in total. The Morgan fingerprint density at radius 2 is 1.55 bits per heavy atom. The summed E-state index contributed by atoms with van der Waals surface area (Å²) in [5.41, 5.74) is 1.13. The summed E-state index contributed by atoms with van der Waals surface area (Å²) in [5, 5.41) is 6.88. The fourth-order valence-corrected chi connectivity index (χ4v) is 1.97. The van der Waals surface area contributed by atoms with E-state index in [1.54, 1.807) is 0 Å². The minimum atomic E-state index is 0.706. The lowest BCUT2D eigenvalue weighted by Gasteiger charge is -2.15. The molecule has 0 saturated carbocycles. The Labute approximate surface area is 123 Å². The molecule has 0 amide bonds. The minimum Gasteiger partial charge on any atom is -0.370 e. The molecular formula is C16H30N4. The highest BCUT2D eigenvalue weighted by atomic mass is 15.1. The van der Waals surface area contributed by atoms with E-state index in [0.717, 1.165) is 61.8 Å². The van der Waals surface area contributed by atoms with E-state index in [-0.39, 0.29) is 0 Å². The second kappa shape index (κ2) is 8.77. The summed E-state index contributed by atoms with van der Waals surface area (Å²) in [6.07, 6.45) is 4.26. The first-order chi connectivity index (χ1) is 9.58. The number of aromatic nitrogens is 2. The zero-order valence-electron chi connectivity index (χ0n) is 13.7. The maximum absolute atomic E-state index is 4.67. The topological polar surface area (TPSA) is 49.8 Å². The highest BCUT2D eigenvalue weighted by Gasteiger charge is 2.10. The third-order valence-electron chi connectivity index (χ3n) is 3.22. The van der Waals surface area contributed by atoms with Crippen LogP contribution in [0.4, 0.5) is 11.6 Å². The Hall–Kier alpha value is -1.32. The molecule has 1 rings (SSSR count). The van der Waals surface area contributed by atoms with Crippen molar-refractivity contribution in [2.45, 2.75) is 60.3 Å². The van der Waals surface area contributed by atoms with Gasteiger partial charge >= 0.3 is 0 Å². The first kappa shape index (κ1) is 16.7. The Balaban J connectivity index is 2.86. The van der Waals surface area contributed by atoms with Gasteiger partial charge in [0.05, 0.1) is 0 Å². The molecule has 0 unspecified atom stereocenters. The van der Waals surface area contributed by atoms with Gasteiger partial charge < -0.3 is 10.6 Å². The molecule has 2 N–H and O–H groups in total. The van der Waals surface area contributed by atoms with Gasteiger partial charge in [-0.15, -0.1) is 0 Å². The predicted octanol–water partition coefficient (Wildman–Crippen LogP) is 4.02. The van der Waals surface area contributed by atoms with Crippen LogP contribution in [0.15, 0.2) is 0 Å². The maximum Gasteiger partial charge on any atom is 0.134 e. The SMILES string of the molecule is CCCNc1nc(CCC)nc(NCCC(C)C)c1C. The summed E-state index contributed by atoms with van der Waals surface area (Å²) < 4.78 is 0. The van der Waals surface area contributed by atoms with E-state index in [1.165, 1.54) is 0 Å². The van der Waals surface area contributed by atoms with Gasteiger partial charge in [0.15, 0.2) is 0 Å². The van der Waals surface area contributed by atoms with Crippen molar-refractivity contribution >= 4 is 11.6 Å². The van der Waals surface area contributed by atoms with Crippen LogP contribution in [-0.2, 0) is 6.42 Å². The zero-order valence-corrected chi connectivity index (χ0v) is 13.7. The van der Waals surface area contributed by atoms with Gasteiger partial charge in [-0.1, -0.05) is 27.7 Å². The molecule has 0 radical (unpaired) electrons. The highest BCUT2D eigenvalue weighted by molar-refractivity contribution is 5.57. The number of aryl methyl sites for hydroxylation is 1. The molecule has 4 heteroatoms. The second-order valence-electron chi connectivity index (χ2n) is 5.75. The van der Waals surface area contributed by atoms with Gasteiger partial charge in [0.25, 0.3) is 0 Å². The normalized spacial score (nSPS) is 10.9. The quantitative estimate of drug-likeness (QED) is 0.716. The first-order valence-electron chi connectivity index (χ1n) is 7.93. The molecule has 0 aliphatic carbocycles. The van der Waals surface area contributed by atoms with E-state index in [2.05, 4.69) is 55.2 Å². The Morgan fingerprint density at radius 1 is 0.950 bits per heavy atom. The van der Waals surface area contributed by atoms with E-state index in [1.807, 2.05) is 0 Å². The fourth-order valence-electron chi connectivity index (χ4n) is 1.97. The third kappa shape index (κ3) is 5.35. The van der Waals surface area contributed by atoms with Crippen molar-refractivity contribution in [2.24, 2.45) is 5.92 Å². The standard InChI is InChI=1S/C16H30N4/c1-6-8-14-19-15(17-10-7-2)13(5)16(20-14)18-11-9-12(3)4/h12H,6-11H2,1-5H3,(H2,17,18,19,20). The Morgan fingerprint density at radius 3 is 2.05 bits per heavy atom. The molecule has 0 aromatic carbocycles. The van der Waals surface area contributed by atoms with Crippen molar-refractivity contribution in [2.75, 3.05) is 23.7 Å². The molecule has 1 aromatic rings. The number of anilines is 2. The largest absolute Gasteiger partial charge is 0.370 e. The van der Waals surface area contributed by atoms with Gasteiger partial charge in [0, 0.05) is 25.1 Å². The van der Waals surface area contributed by atoms with Crippen LogP contribution >= 0.6 is 0 Å². The maximum atomic E-state index is 4.67. The van der Waals surface area contributed by atoms with Crippen LogP contribution in [0, 0.1) is 12.8 Å². The molecule has 0 aliphatic heterocycles. The van der Waals surface area contributed by atoms with Gasteiger partial charge in [0.2, 0.25) is 0 Å². The summed E-state index contributed by atoms with van der Waals surface area (Å²) in [6, 6.07) is 0. The molecule has 0 atom stereocenters. The van der Waals surface area contributed by atoms with Crippen molar-refractivity contribution in [3.63, 3.8) is 0 Å². The van der Waals surface area contributed by atoms with Crippen LogP contribution in [0.1, 0.15) is 58.3 Å². The van der Waals surface area contributed by atoms with Gasteiger partial charge in [-0.3, -0.25) is 0 Å². The molecule has 0 fully saturated rings. The van der Waals surface area contributed by atoms with E-state index in [9.17, 15) is 0 Å². The van der Waals surface area contributed by atoms with Gasteiger partial charge in [-0.05, 0) is 32.1 Å². The number of hydrogen-bond acceptors (Lipinski definition) is 4. The lowest BCUT2D eigenvalue weighted by molar-refractivity contribution is 0.606. The van der Waals surface area contributed by atoms with Gasteiger partial charge in [0.1, 0.15) is 17.5 Å². The van der Waals surface area contributed by atoms with Crippen LogP contribution in [0.25, 0.3) is 0 Å². The molecule has 0 bridgehead atoms. The summed E-state index contributed by atoms with van der Waals surface area (Å²) in [4.78, 5) is 9.31. The lowest BCUT2D eigenvalue weighted by atomic mass is 10.1. The average Bonchev–Trinajstić information content (AvgIpc) is 2.40. The monoisotopic (exact) mass is 278 g/mol. The molecule has 0 spiro atoms. The molecule has 1 heterocycles. The van der Waals surface area contributed by atoms with E-state index < -0.39 is 0 Å². The van der Waals surface area contributed by atoms with Crippen molar-refractivity contribution in [3.8, 4) is 0 Å². The third-order valence-corrected chi connectivity index (χ3v) is 3.22. The molecule has 20 heavy (non-hydrogen) atoms. The van der Waals surface area contributed by atoms with Crippen molar-refractivity contribution < 1.29 is 0 Å². The summed E-state index contributed by atoms with van der Waals surface area (Å²) in [6.45, 7) is 12.8. The van der Waals surface area contributed by atoms with Crippen molar-refractivity contribution in [1.29, 1.82) is 0 Å². The summed E-state index contributed by atoms with van der Waals surface area (Å²) in [7, 11) is 0. The van der Waals surface area contributed by atoms with Crippen molar-refractivity contribution in [1.82, 2.24) is 9.97 Å². The van der Waals surface area contributed by atoms with Gasteiger partial charge in [-0.2, -0.15) is 0 Å². The highest BCUT2D eigenvalue weighted by Crippen LogP contribution is 2.21. The Bertz CT molecular complexity index is 402. The van der Waals surface area contributed by atoms with Crippen LogP contribution in [0.3, 0.4) is 0 Å². The van der Waals surface area contributed by atoms with Crippen LogP contribution in [-0.4, -0.2) is 23.1 Å². The average molecular weight is 278 g/mol.